The van der Waals surface area contributed by atoms with Crippen LogP contribution in [-0.2, 0) is 0 Å². The van der Waals surface area contributed by atoms with E-state index in [0.29, 0.717) is 16.1 Å². The number of hydrogen-bond donors (Lipinski definition) is 2. The van der Waals surface area contributed by atoms with Crippen LogP contribution >= 0.6 is 15.9 Å². The predicted octanol–water partition coefficient (Wildman–Crippen LogP) is 2.95. The van der Waals surface area contributed by atoms with Gasteiger partial charge in [-0.15, -0.1) is 0 Å². The molecule has 0 saturated heterocycles. The molecule has 1 aromatic heterocycles. The standard InChI is InChI=1S/C13H16BrFN6/c1-3-21(4-2)13-19-11(16)18-12(20-13)17-10-7-8(15)5-6-9(10)14/h5-7H,3-4H2,1-2H3,(H3,16,17,18,19,20). The monoisotopic (exact) mass is 354 g/mol. The molecule has 0 atom stereocenters. The molecule has 0 spiro atoms. The lowest BCUT2D eigenvalue weighted by atomic mass is 10.3. The van der Waals surface area contributed by atoms with Gasteiger partial charge in [-0.2, -0.15) is 15.0 Å². The molecule has 2 aromatic rings. The molecule has 0 aliphatic carbocycles. The van der Waals surface area contributed by atoms with E-state index < -0.39 is 0 Å². The Morgan fingerprint density at radius 2 is 1.95 bits per heavy atom. The molecule has 1 aromatic carbocycles. The highest BCUT2D eigenvalue weighted by Gasteiger charge is 2.11. The highest BCUT2D eigenvalue weighted by Crippen LogP contribution is 2.26. The molecular weight excluding hydrogens is 339 g/mol. The lowest BCUT2D eigenvalue weighted by molar-refractivity contribution is 0.628. The molecule has 2 rings (SSSR count). The number of halogens is 2. The van der Waals surface area contributed by atoms with Gasteiger partial charge in [-0.25, -0.2) is 4.39 Å². The summed E-state index contributed by atoms with van der Waals surface area (Å²) in [6, 6.07) is 4.31. The third kappa shape index (κ3) is 3.78. The van der Waals surface area contributed by atoms with Gasteiger partial charge in [0.25, 0.3) is 0 Å². The molecule has 6 nitrogen and oxygen atoms in total. The third-order valence-electron chi connectivity index (χ3n) is 2.86. The Hall–Kier alpha value is -1.96. The summed E-state index contributed by atoms with van der Waals surface area (Å²) >= 11 is 3.34. The van der Waals surface area contributed by atoms with Gasteiger partial charge in [0.2, 0.25) is 17.8 Å². The molecule has 0 aliphatic rings. The van der Waals surface area contributed by atoms with E-state index in [1.807, 2.05) is 18.7 Å². The van der Waals surface area contributed by atoms with E-state index in [4.69, 9.17) is 5.73 Å². The van der Waals surface area contributed by atoms with Crippen LogP contribution in [0.5, 0.6) is 0 Å². The van der Waals surface area contributed by atoms with Crippen molar-refractivity contribution in [3.63, 3.8) is 0 Å². The van der Waals surface area contributed by atoms with Crippen LogP contribution in [0.1, 0.15) is 13.8 Å². The molecule has 0 amide bonds. The van der Waals surface area contributed by atoms with E-state index in [1.165, 1.54) is 12.1 Å². The Morgan fingerprint density at radius 3 is 2.62 bits per heavy atom. The zero-order valence-corrected chi connectivity index (χ0v) is 13.4. The van der Waals surface area contributed by atoms with Gasteiger partial charge in [0.05, 0.1) is 5.69 Å². The third-order valence-corrected chi connectivity index (χ3v) is 3.55. The van der Waals surface area contributed by atoms with Crippen molar-refractivity contribution in [2.45, 2.75) is 13.8 Å². The van der Waals surface area contributed by atoms with Crippen LogP contribution in [0.3, 0.4) is 0 Å². The van der Waals surface area contributed by atoms with E-state index in [0.717, 1.165) is 13.1 Å². The van der Waals surface area contributed by atoms with E-state index in [1.54, 1.807) is 6.07 Å². The summed E-state index contributed by atoms with van der Waals surface area (Å²) in [5.74, 6) is 0.520. The molecule has 0 saturated carbocycles. The van der Waals surface area contributed by atoms with Crippen molar-refractivity contribution in [3.05, 3.63) is 28.5 Å². The van der Waals surface area contributed by atoms with E-state index in [9.17, 15) is 4.39 Å². The fourth-order valence-corrected chi connectivity index (χ4v) is 2.14. The Kier molecular flexibility index (Phi) is 4.89. The molecule has 0 aliphatic heterocycles. The predicted molar refractivity (Wildman–Crippen MR) is 85.2 cm³/mol. The molecule has 0 radical (unpaired) electrons. The molecule has 0 unspecified atom stereocenters. The van der Waals surface area contributed by atoms with Gasteiger partial charge in [-0.1, -0.05) is 0 Å². The molecule has 0 bridgehead atoms. The zero-order valence-electron chi connectivity index (χ0n) is 11.8. The number of anilines is 4. The number of nitrogen functional groups attached to an aromatic ring is 1. The second kappa shape index (κ2) is 6.66. The largest absolute Gasteiger partial charge is 0.368 e. The molecule has 8 heteroatoms. The first-order chi connectivity index (χ1) is 10.0. The van der Waals surface area contributed by atoms with Crippen LogP contribution in [0.4, 0.5) is 27.9 Å². The number of aromatic nitrogens is 3. The number of rotatable bonds is 5. The van der Waals surface area contributed by atoms with Crippen molar-refractivity contribution in [3.8, 4) is 0 Å². The molecule has 1 heterocycles. The number of nitrogens with one attached hydrogen (secondary N) is 1. The summed E-state index contributed by atoms with van der Waals surface area (Å²) in [7, 11) is 0. The first-order valence-electron chi connectivity index (χ1n) is 6.52. The molecule has 0 fully saturated rings. The van der Waals surface area contributed by atoms with Crippen LogP contribution in [-0.4, -0.2) is 28.0 Å². The zero-order chi connectivity index (χ0) is 15.4. The van der Waals surface area contributed by atoms with Gasteiger partial charge in [0.1, 0.15) is 5.82 Å². The Morgan fingerprint density at radius 1 is 1.24 bits per heavy atom. The number of hydrogen-bond acceptors (Lipinski definition) is 6. The first-order valence-corrected chi connectivity index (χ1v) is 7.31. The van der Waals surface area contributed by atoms with Gasteiger partial charge in [-0.05, 0) is 48.0 Å². The van der Waals surface area contributed by atoms with E-state index in [2.05, 4.69) is 36.2 Å². The van der Waals surface area contributed by atoms with Crippen LogP contribution in [0.15, 0.2) is 22.7 Å². The van der Waals surface area contributed by atoms with E-state index >= 15 is 0 Å². The maximum Gasteiger partial charge on any atom is 0.233 e. The number of nitrogens with two attached hydrogens (primary N) is 1. The van der Waals surface area contributed by atoms with Crippen molar-refractivity contribution in [1.29, 1.82) is 0 Å². The van der Waals surface area contributed by atoms with Gasteiger partial charge in [-0.3, -0.25) is 0 Å². The summed E-state index contributed by atoms with van der Waals surface area (Å²) in [6.07, 6.45) is 0. The van der Waals surface area contributed by atoms with Crippen molar-refractivity contribution in [1.82, 2.24) is 15.0 Å². The number of benzene rings is 1. The minimum absolute atomic E-state index is 0.113. The van der Waals surface area contributed by atoms with Crippen LogP contribution in [0, 0.1) is 5.82 Å². The lowest BCUT2D eigenvalue weighted by Crippen LogP contribution is -2.25. The van der Waals surface area contributed by atoms with Crippen molar-refractivity contribution < 1.29 is 4.39 Å². The van der Waals surface area contributed by atoms with Crippen LogP contribution in [0.2, 0.25) is 0 Å². The van der Waals surface area contributed by atoms with Crippen molar-refractivity contribution >= 4 is 39.5 Å². The number of nitrogens with zero attached hydrogens (tertiary/aromatic N) is 4. The van der Waals surface area contributed by atoms with Gasteiger partial charge >= 0.3 is 0 Å². The minimum atomic E-state index is -0.355. The summed E-state index contributed by atoms with van der Waals surface area (Å²) < 4.78 is 14.0. The Bertz CT molecular complexity index is 632. The van der Waals surface area contributed by atoms with Gasteiger partial charge < -0.3 is 16.0 Å². The van der Waals surface area contributed by atoms with Crippen LogP contribution < -0.4 is 16.0 Å². The second-order valence-corrected chi connectivity index (χ2v) is 5.09. The topological polar surface area (TPSA) is 80.0 Å². The molecule has 3 N–H and O–H groups in total. The molecule has 112 valence electrons. The maximum absolute atomic E-state index is 13.3. The van der Waals surface area contributed by atoms with Gasteiger partial charge in [0, 0.05) is 17.6 Å². The second-order valence-electron chi connectivity index (χ2n) is 4.24. The van der Waals surface area contributed by atoms with E-state index in [-0.39, 0.29) is 17.7 Å². The summed E-state index contributed by atoms with van der Waals surface area (Å²) in [4.78, 5) is 14.4. The Labute approximate surface area is 130 Å². The average molecular weight is 355 g/mol. The maximum atomic E-state index is 13.3. The smallest absolute Gasteiger partial charge is 0.233 e. The van der Waals surface area contributed by atoms with Gasteiger partial charge in [0.15, 0.2) is 0 Å². The highest BCUT2D eigenvalue weighted by molar-refractivity contribution is 9.10. The fourth-order valence-electron chi connectivity index (χ4n) is 1.80. The SMILES string of the molecule is CCN(CC)c1nc(N)nc(Nc2cc(F)ccc2Br)n1. The highest BCUT2D eigenvalue weighted by atomic mass is 79.9. The molecular formula is C13H16BrFN6. The fraction of sp³-hybridized carbons (Fsp3) is 0.308. The minimum Gasteiger partial charge on any atom is -0.368 e. The summed E-state index contributed by atoms with van der Waals surface area (Å²) in [5.41, 5.74) is 6.23. The Balaban J connectivity index is 2.34. The lowest BCUT2D eigenvalue weighted by Gasteiger charge is -2.19. The van der Waals surface area contributed by atoms with Crippen molar-refractivity contribution in [2.75, 3.05) is 29.0 Å². The normalized spacial score (nSPS) is 10.5. The average Bonchev–Trinajstić information content (AvgIpc) is 2.44. The quantitative estimate of drug-likeness (QED) is 0.859. The summed E-state index contributed by atoms with van der Waals surface area (Å²) in [5, 5.41) is 2.94. The summed E-state index contributed by atoms with van der Waals surface area (Å²) in [6.45, 7) is 5.51. The van der Waals surface area contributed by atoms with Crippen LogP contribution in [0.25, 0.3) is 0 Å². The van der Waals surface area contributed by atoms with Crippen molar-refractivity contribution in [2.24, 2.45) is 0 Å². The first kappa shape index (κ1) is 15.4. The molecule has 21 heavy (non-hydrogen) atoms.